The van der Waals surface area contributed by atoms with Crippen molar-refractivity contribution in [1.82, 2.24) is 4.31 Å². The van der Waals surface area contributed by atoms with Crippen molar-refractivity contribution in [3.63, 3.8) is 0 Å². The number of esters is 1. The van der Waals surface area contributed by atoms with Gasteiger partial charge in [-0.2, -0.15) is 4.31 Å². The second-order valence-electron chi connectivity index (χ2n) is 6.42. The average molecular weight is 422 g/mol. The zero-order valence-electron chi connectivity index (χ0n) is 16.4. The fraction of sp³-hybridized carbons (Fsp3) is 0.300. The van der Waals surface area contributed by atoms with Crippen LogP contribution in [0.2, 0.25) is 0 Å². The maximum absolute atomic E-state index is 13.9. The van der Waals surface area contributed by atoms with Crippen LogP contribution in [0.15, 0.2) is 42.5 Å². The van der Waals surface area contributed by atoms with Crippen molar-refractivity contribution in [2.24, 2.45) is 0 Å². The third-order valence-corrected chi connectivity index (χ3v) is 5.31. The van der Waals surface area contributed by atoms with E-state index < -0.39 is 34.3 Å². The monoisotopic (exact) mass is 422 g/mol. The Balaban J connectivity index is 2.17. The lowest BCUT2D eigenvalue weighted by Gasteiger charge is -2.20. The summed E-state index contributed by atoms with van der Waals surface area (Å²) in [7, 11) is -3.77. The minimum absolute atomic E-state index is 0.159. The van der Waals surface area contributed by atoms with Gasteiger partial charge < -0.3 is 10.1 Å². The smallest absolute Gasteiger partial charge is 0.338 e. The van der Waals surface area contributed by atoms with Crippen LogP contribution in [0.4, 0.5) is 10.1 Å². The Morgan fingerprint density at radius 1 is 1.17 bits per heavy atom. The second-order valence-corrected chi connectivity index (χ2v) is 8.40. The summed E-state index contributed by atoms with van der Waals surface area (Å²) in [5.74, 6) is -1.70. The van der Waals surface area contributed by atoms with E-state index in [4.69, 9.17) is 4.74 Å². The Hall–Kier alpha value is -2.78. The highest BCUT2D eigenvalue weighted by atomic mass is 32.2. The third-order valence-electron chi connectivity index (χ3n) is 4.12. The predicted molar refractivity (Wildman–Crippen MR) is 107 cm³/mol. The molecule has 2 aromatic rings. The molecule has 0 unspecified atom stereocenters. The maximum Gasteiger partial charge on any atom is 0.338 e. The van der Waals surface area contributed by atoms with E-state index in [9.17, 15) is 22.4 Å². The molecule has 7 nitrogen and oxygen atoms in total. The first-order valence-electron chi connectivity index (χ1n) is 8.88. The van der Waals surface area contributed by atoms with E-state index in [1.54, 1.807) is 32.0 Å². The number of amides is 1. The van der Waals surface area contributed by atoms with Gasteiger partial charge in [0.05, 0.1) is 25.0 Å². The SMILES string of the molecule is CCOC(=O)c1ccc(C)c(NC(=O)CN(Cc2ccccc2F)S(C)(=O)=O)c1. The fourth-order valence-corrected chi connectivity index (χ4v) is 3.28. The summed E-state index contributed by atoms with van der Waals surface area (Å²) >= 11 is 0. The standard InChI is InChI=1S/C20H23FN2O5S/c1-4-28-20(25)15-10-9-14(2)18(11-15)22-19(24)13-23(29(3,26)27)12-16-7-5-6-8-17(16)21/h5-11H,4,12-13H2,1-3H3,(H,22,24). The van der Waals surface area contributed by atoms with Gasteiger partial charge >= 0.3 is 5.97 Å². The average Bonchev–Trinajstić information content (AvgIpc) is 2.64. The van der Waals surface area contributed by atoms with Crippen molar-refractivity contribution in [1.29, 1.82) is 0 Å². The Labute approximate surface area is 169 Å². The molecule has 0 atom stereocenters. The number of carbonyl (C=O) groups excluding carboxylic acids is 2. The number of benzene rings is 2. The number of halogens is 1. The minimum atomic E-state index is -3.77. The van der Waals surface area contributed by atoms with Gasteiger partial charge in [0, 0.05) is 17.8 Å². The van der Waals surface area contributed by atoms with Gasteiger partial charge in [-0.05, 0) is 37.6 Å². The zero-order chi connectivity index (χ0) is 21.6. The van der Waals surface area contributed by atoms with E-state index in [0.29, 0.717) is 11.3 Å². The first kappa shape index (κ1) is 22.5. The van der Waals surface area contributed by atoms with E-state index in [1.165, 1.54) is 24.3 Å². The molecule has 0 heterocycles. The van der Waals surface area contributed by atoms with E-state index in [1.807, 2.05) is 0 Å². The van der Waals surface area contributed by atoms with Gasteiger partial charge in [0.15, 0.2) is 0 Å². The van der Waals surface area contributed by atoms with Crippen LogP contribution in [0.3, 0.4) is 0 Å². The molecule has 0 spiro atoms. The minimum Gasteiger partial charge on any atom is -0.462 e. The normalized spacial score (nSPS) is 11.3. The number of ether oxygens (including phenoxy) is 1. The summed E-state index contributed by atoms with van der Waals surface area (Å²) in [5, 5.41) is 2.60. The molecule has 1 N–H and O–H groups in total. The van der Waals surface area contributed by atoms with Crippen LogP contribution in [0, 0.1) is 12.7 Å². The van der Waals surface area contributed by atoms with Gasteiger partial charge in [-0.25, -0.2) is 17.6 Å². The molecule has 29 heavy (non-hydrogen) atoms. The molecule has 0 aliphatic rings. The summed E-state index contributed by atoms with van der Waals surface area (Å²) in [4.78, 5) is 24.4. The molecule has 1 amide bonds. The van der Waals surface area contributed by atoms with Gasteiger partial charge in [0.1, 0.15) is 5.82 Å². The molecule has 2 aromatic carbocycles. The van der Waals surface area contributed by atoms with E-state index in [-0.39, 0.29) is 24.3 Å². The molecule has 2 rings (SSSR count). The van der Waals surface area contributed by atoms with Gasteiger partial charge in [-0.1, -0.05) is 24.3 Å². The van der Waals surface area contributed by atoms with Gasteiger partial charge in [0.25, 0.3) is 0 Å². The molecule has 0 aromatic heterocycles. The van der Waals surface area contributed by atoms with Crippen molar-refractivity contribution < 1.29 is 27.1 Å². The Kier molecular flexibility index (Phi) is 7.46. The summed E-state index contributed by atoms with van der Waals surface area (Å²) in [6.45, 7) is 2.85. The van der Waals surface area contributed by atoms with Crippen molar-refractivity contribution >= 4 is 27.6 Å². The third kappa shape index (κ3) is 6.37. The fourth-order valence-electron chi connectivity index (χ4n) is 2.56. The van der Waals surface area contributed by atoms with Crippen LogP contribution in [0.5, 0.6) is 0 Å². The van der Waals surface area contributed by atoms with Crippen LogP contribution in [-0.2, 0) is 26.1 Å². The second kappa shape index (κ2) is 9.62. The first-order valence-corrected chi connectivity index (χ1v) is 10.7. The number of rotatable bonds is 8. The van der Waals surface area contributed by atoms with Crippen molar-refractivity contribution in [3.8, 4) is 0 Å². The molecule has 156 valence electrons. The number of nitrogens with zero attached hydrogens (tertiary/aromatic N) is 1. The molecule has 0 radical (unpaired) electrons. The summed E-state index contributed by atoms with van der Waals surface area (Å²) in [5.41, 5.74) is 1.47. The molecule has 9 heteroatoms. The maximum atomic E-state index is 13.9. The molecular formula is C20H23FN2O5S. The number of nitrogens with one attached hydrogen (secondary N) is 1. The molecular weight excluding hydrogens is 399 g/mol. The lowest BCUT2D eigenvalue weighted by Crippen LogP contribution is -2.37. The largest absolute Gasteiger partial charge is 0.462 e. The quantitative estimate of drug-likeness (QED) is 0.661. The molecule has 0 aliphatic carbocycles. The molecule has 0 saturated carbocycles. The summed E-state index contributed by atoms with van der Waals surface area (Å²) in [6, 6.07) is 10.4. The van der Waals surface area contributed by atoms with Gasteiger partial charge in [-0.3, -0.25) is 4.79 Å². The van der Waals surface area contributed by atoms with Gasteiger partial charge in [-0.15, -0.1) is 0 Å². The first-order chi connectivity index (χ1) is 13.6. The van der Waals surface area contributed by atoms with Crippen LogP contribution in [0.1, 0.15) is 28.4 Å². The van der Waals surface area contributed by atoms with Crippen molar-refractivity contribution in [3.05, 3.63) is 65.0 Å². The highest BCUT2D eigenvalue weighted by Gasteiger charge is 2.22. The Bertz CT molecular complexity index is 1010. The Morgan fingerprint density at radius 3 is 2.48 bits per heavy atom. The van der Waals surface area contributed by atoms with Gasteiger partial charge in [0.2, 0.25) is 15.9 Å². The number of sulfonamides is 1. The highest BCUT2D eigenvalue weighted by molar-refractivity contribution is 7.88. The predicted octanol–water partition coefficient (Wildman–Crippen LogP) is 2.71. The Morgan fingerprint density at radius 2 is 1.86 bits per heavy atom. The number of hydrogen-bond acceptors (Lipinski definition) is 5. The van der Waals surface area contributed by atoms with E-state index >= 15 is 0 Å². The number of aryl methyl sites for hydroxylation is 1. The van der Waals surface area contributed by atoms with E-state index in [0.717, 1.165) is 10.6 Å². The van der Waals surface area contributed by atoms with Crippen LogP contribution in [-0.4, -0.2) is 44.0 Å². The molecule has 0 bridgehead atoms. The van der Waals surface area contributed by atoms with Crippen molar-refractivity contribution in [2.45, 2.75) is 20.4 Å². The summed E-state index contributed by atoms with van der Waals surface area (Å²) < 4.78 is 43.9. The number of carbonyl (C=O) groups is 2. The van der Waals surface area contributed by atoms with E-state index in [2.05, 4.69) is 5.32 Å². The zero-order valence-corrected chi connectivity index (χ0v) is 17.3. The summed E-state index contributed by atoms with van der Waals surface area (Å²) in [6.07, 6.45) is 0.952. The number of anilines is 1. The molecule has 0 aliphatic heterocycles. The van der Waals surface area contributed by atoms with Crippen LogP contribution < -0.4 is 5.32 Å². The lowest BCUT2D eigenvalue weighted by molar-refractivity contribution is -0.116. The highest BCUT2D eigenvalue weighted by Crippen LogP contribution is 2.18. The topological polar surface area (TPSA) is 92.8 Å². The van der Waals surface area contributed by atoms with Crippen LogP contribution >= 0.6 is 0 Å². The van der Waals surface area contributed by atoms with Crippen molar-refractivity contribution in [2.75, 3.05) is 24.7 Å². The number of hydrogen-bond donors (Lipinski definition) is 1. The molecule has 0 fully saturated rings. The lowest BCUT2D eigenvalue weighted by atomic mass is 10.1. The van der Waals surface area contributed by atoms with Crippen LogP contribution in [0.25, 0.3) is 0 Å². The molecule has 0 saturated heterocycles.